The Balaban J connectivity index is -0.0000000536. The van der Waals surface area contributed by atoms with Crippen LogP contribution in [0.3, 0.4) is 0 Å². The molecule has 0 aliphatic rings. The van der Waals surface area contributed by atoms with E-state index < -0.39 is 22.8 Å². The zero-order chi connectivity index (χ0) is 15.6. The van der Waals surface area contributed by atoms with Gasteiger partial charge in [0.05, 0.1) is 17.4 Å². The second kappa shape index (κ2) is 15.6. The van der Waals surface area contributed by atoms with Crippen molar-refractivity contribution in [3.63, 3.8) is 0 Å². The normalized spacial score (nSPS) is 9.15. The first-order valence-corrected chi connectivity index (χ1v) is 7.61. The van der Waals surface area contributed by atoms with Crippen LogP contribution in [0.25, 0.3) is 0 Å². The maximum absolute atomic E-state index is 9.11. The molecule has 0 rings (SSSR count). The molecule has 104 valence electrons. The molecular weight excluding hydrogens is 595 g/mol. The molecule has 0 amide bonds. The number of hydrogen-bond acceptors (Lipinski definition) is 12. The summed E-state index contributed by atoms with van der Waals surface area (Å²) in [6.07, 6.45) is 0. The Bertz CT molecular complexity index is 437. The van der Waals surface area contributed by atoms with Crippen LogP contribution in [0.2, 0.25) is 0 Å². The van der Waals surface area contributed by atoms with Crippen LogP contribution < -0.4 is 29.4 Å². The fraction of sp³-hybridized carbons (Fsp3) is 0. The van der Waals surface area contributed by atoms with Gasteiger partial charge in [-0.3, -0.25) is 0 Å². The Kier molecular flexibility index (Phi) is 25.9. The van der Waals surface area contributed by atoms with Gasteiger partial charge >= 0.3 is 83.5 Å². The largest absolute Gasteiger partial charge is 3.00 e. The fourth-order valence-corrected chi connectivity index (χ4v) is 0. The van der Waals surface area contributed by atoms with Gasteiger partial charge in [0.2, 0.25) is 0 Å². The fourth-order valence-electron chi connectivity index (χ4n) is 0. The van der Waals surface area contributed by atoms with E-state index in [4.69, 9.17) is 58.8 Å². The van der Waals surface area contributed by atoms with Crippen LogP contribution in [-0.4, -0.2) is 0 Å². The third-order valence-electron chi connectivity index (χ3n) is 0.367. The van der Waals surface area contributed by atoms with E-state index in [0.29, 0.717) is 17.4 Å². The minimum atomic E-state index is -4.84. The summed E-state index contributed by atoms with van der Waals surface area (Å²) in [6.45, 7) is 0. The molecule has 0 aliphatic carbocycles. The van der Waals surface area contributed by atoms with Gasteiger partial charge in [-0.2, -0.15) is 15.8 Å². The first kappa shape index (κ1) is 33.3. The molecule has 12 nitrogen and oxygen atoms in total. The van der Waals surface area contributed by atoms with Gasteiger partial charge in [0.1, 0.15) is 0 Å². The smallest absolute Gasteiger partial charge is 0.800 e. The average Bonchev–Trinajstić information content (AvgIpc) is 2.16. The summed E-state index contributed by atoms with van der Waals surface area (Å²) >= 11 is 0. The molecule has 2 radical (unpaired) electrons. The molecule has 0 spiro atoms. The molecule has 0 heterocycles. The number of nitriles is 3. The Labute approximate surface area is 180 Å². The standard InChI is InChI=1S/3CH2NO3P.2Ce/c3*2-1-6(3,4)5;;/h3*(H2,3,4,5);;/q;;;2*+3/p-6. The molecule has 0 saturated heterocycles. The monoisotopic (exact) mass is 595 g/mol. The summed E-state index contributed by atoms with van der Waals surface area (Å²) in [4.78, 5) is 54.7. The van der Waals surface area contributed by atoms with Crippen LogP contribution in [-0.2, 0) is 13.7 Å². The Morgan fingerprint density at radius 3 is 0.600 bits per heavy atom. The SMILES string of the molecule is N#CP(=O)([O-])[O-].N#CP(=O)([O-])[O-].N#CP(=O)([O-])[O-].[Ce+3].[Ce+3]. The molecule has 0 aromatic heterocycles. The zero-order valence-electron chi connectivity index (χ0n) is 8.86. The van der Waals surface area contributed by atoms with E-state index >= 15 is 0 Å². The third kappa shape index (κ3) is 60.2. The molecule has 20 heavy (non-hydrogen) atoms. The van der Waals surface area contributed by atoms with E-state index in [0.717, 1.165) is 0 Å². The van der Waals surface area contributed by atoms with Crippen molar-refractivity contribution in [2.45, 2.75) is 0 Å². The van der Waals surface area contributed by atoms with Crippen molar-refractivity contribution < 1.29 is 127 Å². The van der Waals surface area contributed by atoms with E-state index in [1.165, 1.54) is 0 Å². The molecule has 0 bridgehead atoms. The van der Waals surface area contributed by atoms with E-state index in [1.807, 2.05) is 0 Å². The molecule has 0 unspecified atom stereocenters. The maximum atomic E-state index is 9.11. The molecular formula is C3Ce2N3O9P3. The van der Waals surface area contributed by atoms with E-state index in [-0.39, 0.29) is 83.5 Å². The van der Waals surface area contributed by atoms with Crippen LogP contribution in [0.1, 0.15) is 0 Å². The number of nitrogens with zero attached hydrogens (tertiary/aromatic N) is 3. The second-order valence-electron chi connectivity index (χ2n) is 1.79. The van der Waals surface area contributed by atoms with Crippen molar-refractivity contribution in [2.24, 2.45) is 0 Å². The summed E-state index contributed by atoms with van der Waals surface area (Å²) in [5.74, 6) is 1.65. The van der Waals surface area contributed by atoms with Crippen molar-refractivity contribution in [1.82, 2.24) is 0 Å². The van der Waals surface area contributed by atoms with Crippen molar-refractivity contribution in [1.29, 1.82) is 15.8 Å². The summed E-state index contributed by atoms with van der Waals surface area (Å²) in [7, 11) is -14.5. The first-order chi connectivity index (χ1) is 7.68. The van der Waals surface area contributed by atoms with Gasteiger partial charge in [0.15, 0.2) is 0 Å². The predicted octanol–water partition coefficient (Wildman–Crippen LogP) is -4.86. The molecule has 0 aromatic rings. The summed E-state index contributed by atoms with van der Waals surface area (Å²) in [5.41, 5.74) is 0. The molecule has 0 fully saturated rings. The Morgan fingerprint density at radius 1 is 0.550 bits per heavy atom. The van der Waals surface area contributed by atoms with E-state index in [9.17, 15) is 0 Å². The second-order valence-corrected chi connectivity index (χ2v) is 5.38. The van der Waals surface area contributed by atoms with Crippen LogP contribution >= 0.6 is 22.8 Å². The Morgan fingerprint density at radius 2 is 0.600 bits per heavy atom. The third-order valence-corrected chi connectivity index (χ3v) is 1.10. The maximum Gasteiger partial charge on any atom is 3.00 e. The van der Waals surface area contributed by atoms with E-state index in [1.54, 1.807) is 0 Å². The first-order valence-electron chi connectivity index (χ1n) is 2.98. The van der Waals surface area contributed by atoms with Crippen molar-refractivity contribution in [3.8, 4) is 17.4 Å². The Hall–Kier alpha value is 1.67. The van der Waals surface area contributed by atoms with Crippen LogP contribution in [0.4, 0.5) is 0 Å². The van der Waals surface area contributed by atoms with Gasteiger partial charge in [0.25, 0.3) is 0 Å². The predicted molar refractivity (Wildman–Crippen MR) is 39.7 cm³/mol. The summed E-state index contributed by atoms with van der Waals surface area (Å²) < 4.78 is 27.3. The van der Waals surface area contributed by atoms with Gasteiger partial charge in [-0.05, 0) is 0 Å². The molecule has 0 aliphatic heterocycles. The van der Waals surface area contributed by atoms with Crippen LogP contribution in [0.15, 0.2) is 0 Å². The summed E-state index contributed by atoms with van der Waals surface area (Å²) in [6, 6.07) is 0. The van der Waals surface area contributed by atoms with Gasteiger partial charge in [-0.25, -0.2) is 0 Å². The molecule has 17 heteroatoms. The van der Waals surface area contributed by atoms with Crippen molar-refractivity contribution >= 4 is 22.8 Å². The molecule has 0 aromatic carbocycles. The summed E-state index contributed by atoms with van der Waals surface area (Å²) in [5, 5.41) is 21.8. The van der Waals surface area contributed by atoms with Gasteiger partial charge < -0.3 is 43.1 Å². The van der Waals surface area contributed by atoms with Gasteiger partial charge in [-0.15, -0.1) is 0 Å². The van der Waals surface area contributed by atoms with E-state index in [2.05, 4.69) is 0 Å². The molecule has 0 saturated carbocycles. The molecule has 0 atom stereocenters. The minimum Gasteiger partial charge on any atom is -0.800 e. The molecule has 0 N–H and O–H groups in total. The average molecular weight is 595 g/mol. The zero-order valence-corrected chi connectivity index (χ0v) is 17.8. The van der Waals surface area contributed by atoms with Crippen molar-refractivity contribution in [3.05, 3.63) is 0 Å². The quantitative estimate of drug-likeness (QED) is 0.239. The van der Waals surface area contributed by atoms with Gasteiger partial charge in [0, 0.05) is 22.8 Å². The minimum absolute atomic E-state index is 0. The number of rotatable bonds is 0. The number of hydrogen-bond donors (Lipinski definition) is 0. The topological polar surface area (TPSA) is 261 Å². The van der Waals surface area contributed by atoms with Crippen molar-refractivity contribution in [2.75, 3.05) is 0 Å². The van der Waals surface area contributed by atoms with Gasteiger partial charge in [-0.1, -0.05) is 0 Å². The van der Waals surface area contributed by atoms with Crippen LogP contribution in [0, 0.1) is 117 Å². The van der Waals surface area contributed by atoms with Crippen LogP contribution in [0.5, 0.6) is 0 Å².